The van der Waals surface area contributed by atoms with E-state index in [4.69, 9.17) is 16.0 Å². The van der Waals surface area contributed by atoms with Crippen LogP contribution in [0.15, 0.2) is 127 Å². The molecule has 4 heteroatoms. The number of benzene rings is 5. The predicted octanol–water partition coefficient (Wildman–Crippen LogP) is 9.55. The summed E-state index contributed by atoms with van der Waals surface area (Å²) in [4.78, 5) is 5.03. The maximum absolute atomic E-state index is 6.64. The van der Waals surface area contributed by atoms with E-state index in [-0.39, 0.29) is 0 Å². The Morgan fingerprint density at radius 2 is 1.40 bits per heavy atom. The van der Waals surface area contributed by atoms with Crippen LogP contribution >= 0.6 is 35.1 Å². The summed E-state index contributed by atoms with van der Waals surface area (Å²) in [5.74, 6) is 0. The highest BCUT2D eigenvalue weighted by molar-refractivity contribution is 8.00. The SMILES string of the molecule is Clc1cccc(C23c4ccccc4Sc4cccc(c42)Sc2c3ccc3c2oc2ccccc23)c1. The molecule has 35 heavy (non-hydrogen) atoms. The molecule has 0 radical (unpaired) electrons. The molecule has 0 saturated heterocycles. The van der Waals surface area contributed by atoms with Crippen LogP contribution in [0.5, 0.6) is 0 Å². The minimum atomic E-state index is -0.480. The highest BCUT2D eigenvalue weighted by atomic mass is 35.5. The van der Waals surface area contributed by atoms with Crippen LogP contribution in [0, 0.1) is 0 Å². The van der Waals surface area contributed by atoms with Crippen LogP contribution in [0.3, 0.4) is 0 Å². The van der Waals surface area contributed by atoms with Crippen molar-refractivity contribution in [1.29, 1.82) is 0 Å². The van der Waals surface area contributed by atoms with Crippen molar-refractivity contribution >= 4 is 57.1 Å². The second kappa shape index (κ2) is 7.20. The van der Waals surface area contributed by atoms with E-state index in [0.29, 0.717) is 0 Å². The summed E-state index contributed by atoms with van der Waals surface area (Å²) >= 11 is 10.3. The lowest BCUT2D eigenvalue weighted by molar-refractivity contribution is 0.635. The molecular formula is C31H17ClOS2. The molecule has 1 aromatic heterocycles. The molecule has 1 atom stereocenters. The Morgan fingerprint density at radius 1 is 0.629 bits per heavy atom. The fraction of sp³-hybridized carbons (Fsp3) is 0.0323. The van der Waals surface area contributed by atoms with Gasteiger partial charge in [-0.1, -0.05) is 102 Å². The molecule has 5 aromatic carbocycles. The Kier molecular flexibility index (Phi) is 4.14. The predicted molar refractivity (Wildman–Crippen MR) is 145 cm³/mol. The highest BCUT2D eigenvalue weighted by Gasteiger charge is 2.50. The largest absolute Gasteiger partial charge is 0.455 e. The fourth-order valence-corrected chi connectivity index (χ4v) is 8.69. The second-order valence-electron chi connectivity index (χ2n) is 9.01. The zero-order chi connectivity index (χ0) is 23.1. The third-order valence-corrected chi connectivity index (χ3v) is 9.79. The number of hydrogen-bond donors (Lipinski definition) is 0. The lowest BCUT2D eigenvalue weighted by atomic mass is 9.64. The molecule has 0 N–H and O–H groups in total. The third-order valence-electron chi connectivity index (χ3n) is 7.25. The minimum Gasteiger partial charge on any atom is -0.455 e. The number of furan rings is 1. The monoisotopic (exact) mass is 504 g/mol. The van der Waals surface area contributed by atoms with Crippen LogP contribution in [0.2, 0.25) is 5.02 Å². The lowest BCUT2D eigenvalue weighted by Gasteiger charge is -2.45. The normalized spacial score (nSPS) is 17.7. The van der Waals surface area contributed by atoms with Crippen LogP contribution in [-0.4, -0.2) is 0 Å². The molecule has 2 aliphatic heterocycles. The van der Waals surface area contributed by atoms with Crippen molar-refractivity contribution in [1.82, 2.24) is 0 Å². The van der Waals surface area contributed by atoms with E-state index in [1.54, 1.807) is 0 Å². The number of fused-ring (bicyclic) bond motifs is 8. The van der Waals surface area contributed by atoms with E-state index in [1.165, 1.54) is 41.8 Å². The van der Waals surface area contributed by atoms with Crippen LogP contribution in [0.25, 0.3) is 21.9 Å². The molecule has 1 nitrogen and oxygen atoms in total. The zero-order valence-electron chi connectivity index (χ0n) is 18.4. The number of para-hydroxylation sites is 1. The molecule has 0 spiro atoms. The standard InChI is InChI=1S/C31H17ClOS2/c32-19-8-5-7-18(17-19)31-22-10-2-4-12-25(22)34-26-13-6-14-27(28(26)31)35-30-23(31)16-15-21-20-9-1-3-11-24(20)33-29(21)30/h1-17H. The summed E-state index contributed by atoms with van der Waals surface area (Å²) in [5, 5.41) is 3.06. The number of halogens is 1. The topological polar surface area (TPSA) is 13.1 Å². The Hall–Kier alpha value is -3.11. The van der Waals surface area contributed by atoms with Crippen molar-refractivity contribution in [3.63, 3.8) is 0 Å². The third kappa shape index (κ3) is 2.58. The van der Waals surface area contributed by atoms with Crippen molar-refractivity contribution in [3.8, 4) is 0 Å². The van der Waals surface area contributed by atoms with Gasteiger partial charge in [-0.25, -0.2) is 0 Å². The summed E-state index contributed by atoms with van der Waals surface area (Å²) < 4.78 is 6.55. The Balaban J connectivity index is 1.60. The summed E-state index contributed by atoms with van der Waals surface area (Å²) in [6.07, 6.45) is 0. The molecule has 0 fully saturated rings. The van der Waals surface area contributed by atoms with Crippen molar-refractivity contribution < 1.29 is 4.42 Å². The van der Waals surface area contributed by atoms with Crippen LogP contribution in [0.4, 0.5) is 0 Å². The summed E-state index contributed by atoms with van der Waals surface area (Å²) in [6.45, 7) is 0. The summed E-state index contributed by atoms with van der Waals surface area (Å²) in [7, 11) is 0. The van der Waals surface area contributed by atoms with Gasteiger partial charge in [0, 0.05) is 30.5 Å². The average Bonchev–Trinajstić information content (AvgIpc) is 3.28. The van der Waals surface area contributed by atoms with Gasteiger partial charge < -0.3 is 4.42 Å². The molecule has 0 aliphatic carbocycles. The summed E-state index contributed by atoms with van der Waals surface area (Å²) in [5.41, 5.74) is 6.48. The molecule has 0 amide bonds. The minimum absolute atomic E-state index is 0.480. The first-order valence-electron chi connectivity index (χ1n) is 11.5. The van der Waals surface area contributed by atoms with Gasteiger partial charge in [0.05, 0.1) is 10.3 Å². The maximum atomic E-state index is 6.64. The molecule has 8 rings (SSSR count). The van der Waals surface area contributed by atoms with E-state index in [2.05, 4.69) is 91.0 Å². The molecule has 166 valence electrons. The van der Waals surface area contributed by atoms with Gasteiger partial charge in [-0.3, -0.25) is 0 Å². The van der Waals surface area contributed by atoms with E-state index in [1.807, 2.05) is 35.7 Å². The first kappa shape index (κ1) is 20.1. The Morgan fingerprint density at radius 3 is 2.31 bits per heavy atom. The summed E-state index contributed by atoms with van der Waals surface area (Å²) in [6, 6.07) is 36.8. The molecule has 2 aliphatic rings. The van der Waals surface area contributed by atoms with Crippen molar-refractivity contribution in [2.24, 2.45) is 0 Å². The van der Waals surface area contributed by atoms with E-state index >= 15 is 0 Å². The van der Waals surface area contributed by atoms with E-state index in [9.17, 15) is 0 Å². The first-order chi connectivity index (χ1) is 17.2. The molecule has 6 aromatic rings. The van der Waals surface area contributed by atoms with Gasteiger partial charge in [0.25, 0.3) is 0 Å². The number of hydrogen-bond acceptors (Lipinski definition) is 3. The van der Waals surface area contributed by atoms with Crippen LogP contribution in [0.1, 0.15) is 22.3 Å². The molecule has 3 heterocycles. The molecule has 1 unspecified atom stereocenters. The van der Waals surface area contributed by atoms with Crippen molar-refractivity contribution in [3.05, 3.63) is 130 Å². The fourth-order valence-electron chi connectivity index (χ4n) is 5.90. The maximum Gasteiger partial charge on any atom is 0.149 e. The van der Waals surface area contributed by atoms with Gasteiger partial charge in [-0.15, -0.1) is 0 Å². The van der Waals surface area contributed by atoms with Gasteiger partial charge in [0.1, 0.15) is 11.2 Å². The van der Waals surface area contributed by atoms with Crippen molar-refractivity contribution in [2.45, 2.75) is 25.0 Å². The average molecular weight is 505 g/mol. The molecule has 0 bridgehead atoms. The zero-order valence-corrected chi connectivity index (χ0v) is 20.8. The van der Waals surface area contributed by atoms with Gasteiger partial charge >= 0.3 is 0 Å². The van der Waals surface area contributed by atoms with Gasteiger partial charge in [-0.05, 0) is 58.7 Å². The van der Waals surface area contributed by atoms with Gasteiger partial charge in [0.2, 0.25) is 0 Å². The smallest absolute Gasteiger partial charge is 0.149 e. The lowest BCUT2D eigenvalue weighted by Crippen LogP contribution is -2.36. The number of rotatable bonds is 1. The highest BCUT2D eigenvalue weighted by Crippen LogP contribution is 2.63. The van der Waals surface area contributed by atoms with Crippen LogP contribution in [-0.2, 0) is 5.41 Å². The van der Waals surface area contributed by atoms with Crippen LogP contribution < -0.4 is 0 Å². The first-order valence-corrected chi connectivity index (χ1v) is 13.6. The Bertz CT molecular complexity index is 1840. The van der Waals surface area contributed by atoms with Gasteiger partial charge in [-0.2, -0.15) is 0 Å². The van der Waals surface area contributed by atoms with E-state index < -0.39 is 5.41 Å². The molecular weight excluding hydrogens is 488 g/mol. The second-order valence-corrected chi connectivity index (χ2v) is 11.6. The molecule has 0 saturated carbocycles. The Labute approximate surface area is 216 Å². The van der Waals surface area contributed by atoms with E-state index in [0.717, 1.165) is 27.0 Å². The quantitative estimate of drug-likeness (QED) is 0.221. The van der Waals surface area contributed by atoms with Gasteiger partial charge in [0.15, 0.2) is 0 Å². The van der Waals surface area contributed by atoms with Crippen molar-refractivity contribution in [2.75, 3.05) is 0 Å².